The number of imidazole rings is 1. The van der Waals surface area contributed by atoms with Crippen molar-refractivity contribution in [3.05, 3.63) is 58.6 Å². The van der Waals surface area contributed by atoms with Gasteiger partial charge >= 0.3 is 5.97 Å². The van der Waals surface area contributed by atoms with E-state index in [2.05, 4.69) is 9.88 Å². The van der Waals surface area contributed by atoms with Gasteiger partial charge in [-0.25, -0.2) is 9.78 Å². The number of aromatic nitrogens is 2. The number of aryl methyl sites for hydroxylation is 2. The third-order valence-corrected chi connectivity index (χ3v) is 6.45. The lowest BCUT2D eigenvalue weighted by Gasteiger charge is -2.15. The standard InChI is InChI=1S/C24H26N4O5S/c1-3-32-23(31)19-14(2)33-22(20(19)21(25)30)27-18(29)13-34-24-26-16-11-7-8-12-17(16)28(24)15-9-5-4-6-10-15/h4-6,9-10H,3,7-8,11-13H2,1-2H3,(H2,25,30)(H,27,29). The molecule has 9 nitrogen and oxygen atoms in total. The number of esters is 1. The normalized spacial score (nSPS) is 12.8. The number of hydrogen-bond donors (Lipinski definition) is 2. The minimum absolute atomic E-state index is 0.0232. The second-order valence-corrected chi connectivity index (χ2v) is 8.77. The number of fused-ring (bicyclic) bond motifs is 1. The van der Waals surface area contributed by atoms with Gasteiger partial charge in [-0.1, -0.05) is 30.0 Å². The Hall–Kier alpha value is -3.53. The molecule has 0 radical (unpaired) electrons. The number of ether oxygens (including phenoxy) is 1. The van der Waals surface area contributed by atoms with Crippen LogP contribution in [0.15, 0.2) is 39.9 Å². The number of primary amides is 1. The molecule has 3 aromatic rings. The number of nitrogens with two attached hydrogens (primary N) is 1. The smallest absolute Gasteiger partial charge is 0.342 e. The summed E-state index contributed by atoms with van der Waals surface area (Å²) in [6.07, 6.45) is 4.06. The highest BCUT2D eigenvalue weighted by Gasteiger charge is 2.29. The average Bonchev–Trinajstić information content (AvgIpc) is 3.35. The Bertz CT molecular complexity index is 1230. The summed E-state index contributed by atoms with van der Waals surface area (Å²) in [6.45, 7) is 3.27. The Kier molecular flexibility index (Phi) is 7.06. The van der Waals surface area contributed by atoms with Crippen LogP contribution >= 0.6 is 11.8 Å². The number of carbonyl (C=O) groups is 3. The Morgan fingerprint density at radius 3 is 2.62 bits per heavy atom. The van der Waals surface area contributed by atoms with Crippen molar-refractivity contribution in [3.8, 4) is 5.69 Å². The molecule has 0 saturated carbocycles. The number of amides is 2. The second kappa shape index (κ2) is 10.2. The van der Waals surface area contributed by atoms with Gasteiger partial charge in [-0.2, -0.15) is 0 Å². The van der Waals surface area contributed by atoms with E-state index in [4.69, 9.17) is 19.9 Å². The zero-order valence-electron chi connectivity index (χ0n) is 19.1. The molecule has 0 spiro atoms. The van der Waals surface area contributed by atoms with Crippen LogP contribution in [-0.2, 0) is 22.4 Å². The number of thioether (sulfide) groups is 1. The zero-order chi connectivity index (χ0) is 24.2. The molecular formula is C24H26N4O5S. The third-order valence-electron chi connectivity index (χ3n) is 5.51. The SMILES string of the molecule is CCOC(=O)c1c(C)oc(NC(=O)CSc2nc3c(n2-c2ccccc2)CCCC3)c1C(N)=O. The maximum absolute atomic E-state index is 12.8. The fourth-order valence-corrected chi connectivity index (χ4v) is 4.92. The lowest BCUT2D eigenvalue weighted by atomic mass is 10.0. The minimum atomic E-state index is -0.893. The van der Waals surface area contributed by atoms with Gasteiger partial charge in [0, 0.05) is 11.4 Å². The van der Waals surface area contributed by atoms with Crippen LogP contribution in [0.1, 0.15) is 57.6 Å². The number of nitrogens with zero attached hydrogens (tertiary/aromatic N) is 2. The molecule has 0 saturated heterocycles. The quantitative estimate of drug-likeness (QED) is 0.370. The number of rotatable bonds is 8. The first-order chi connectivity index (χ1) is 16.4. The predicted molar refractivity (Wildman–Crippen MR) is 127 cm³/mol. The summed E-state index contributed by atoms with van der Waals surface area (Å²) in [5.74, 6) is -2.04. The molecular weight excluding hydrogens is 456 g/mol. The number of anilines is 1. The molecule has 0 bridgehead atoms. The van der Waals surface area contributed by atoms with E-state index in [1.54, 1.807) is 6.92 Å². The van der Waals surface area contributed by atoms with Crippen LogP contribution < -0.4 is 11.1 Å². The van der Waals surface area contributed by atoms with E-state index in [0.717, 1.165) is 42.2 Å². The number of hydrogen-bond acceptors (Lipinski definition) is 7. The molecule has 0 fully saturated rings. The van der Waals surface area contributed by atoms with E-state index in [1.165, 1.54) is 24.4 Å². The first-order valence-electron chi connectivity index (χ1n) is 11.1. The largest absolute Gasteiger partial charge is 0.462 e. The Balaban J connectivity index is 1.55. The van der Waals surface area contributed by atoms with E-state index in [-0.39, 0.29) is 35.1 Å². The van der Waals surface area contributed by atoms with Crippen molar-refractivity contribution in [1.29, 1.82) is 0 Å². The molecule has 1 aromatic carbocycles. The number of benzene rings is 1. The number of carbonyl (C=O) groups excluding carboxylic acids is 3. The summed E-state index contributed by atoms with van der Waals surface area (Å²) in [6, 6.07) is 9.93. The van der Waals surface area contributed by atoms with Crippen molar-refractivity contribution in [3.63, 3.8) is 0 Å². The summed E-state index contributed by atoms with van der Waals surface area (Å²) in [5, 5.41) is 3.30. The summed E-state index contributed by atoms with van der Waals surface area (Å²) in [5.41, 5.74) is 8.43. The molecule has 4 rings (SSSR count). The molecule has 178 valence electrons. The zero-order valence-corrected chi connectivity index (χ0v) is 19.9. The topological polar surface area (TPSA) is 129 Å². The highest BCUT2D eigenvalue weighted by atomic mass is 32.2. The lowest BCUT2D eigenvalue weighted by Crippen LogP contribution is -2.21. The van der Waals surface area contributed by atoms with Crippen molar-refractivity contribution < 1.29 is 23.5 Å². The fraction of sp³-hybridized carbons (Fsp3) is 0.333. The van der Waals surface area contributed by atoms with Gasteiger partial charge in [0.15, 0.2) is 5.16 Å². The Labute approximate surface area is 201 Å². The molecule has 0 atom stereocenters. The van der Waals surface area contributed by atoms with Crippen LogP contribution in [0.4, 0.5) is 5.88 Å². The minimum Gasteiger partial charge on any atom is -0.462 e. The van der Waals surface area contributed by atoms with Crippen LogP contribution in [0.2, 0.25) is 0 Å². The summed E-state index contributed by atoms with van der Waals surface area (Å²) in [7, 11) is 0. The Morgan fingerprint density at radius 1 is 1.18 bits per heavy atom. The van der Waals surface area contributed by atoms with Crippen molar-refractivity contribution in [2.24, 2.45) is 5.73 Å². The van der Waals surface area contributed by atoms with Gasteiger partial charge in [0.2, 0.25) is 11.8 Å². The maximum Gasteiger partial charge on any atom is 0.342 e. The molecule has 2 heterocycles. The highest BCUT2D eigenvalue weighted by molar-refractivity contribution is 7.99. The maximum atomic E-state index is 12.8. The summed E-state index contributed by atoms with van der Waals surface area (Å²) in [4.78, 5) is 41.8. The molecule has 3 N–H and O–H groups in total. The predicted octanol–water partition coefficient (Wildman–Crippen LogP) is 3.66. The van der Waals surface area contributed by atoms with Gasteiger partial charge in [0.25, 0.3) is 5.91 Å². The van der Waals surface area contributed by atoms with Crippen LogP contribution in [0.3, 0.4) is 0 Å². The summed E-state index contributed by atoms with van der Waals surface area (Å²) < 4.78 is 12.6. The van der Waals surface area contributed by atoms with E-state index in [1.807, 2.05) is 30.3 Å². The number of furan rings is 1. The molecule has 10 heteroatoms. The molecule has 0 unspecified atom stereocenters. The van der Waals surface area contributed by atoms with E-state index < -0.39 is 17.8 Å². The van der Waals surface area contributed by atoms with Crippen LogP contribution in [0.5, 0.6) is 0 Å². The van der Waals surface area contributed by atoms with Gasteiger partial charge in [0.05, 0.1) is 18.1 Å². The molecule has 1 aliphatic carbocycles. The van der Waals surface area contributed by atoms with Gasteiger partial charge in [-0.15, -0.1) is 0 Å². The van der Waals surface area contributed by atoms with Crippen molar-refractivity contribution in [2.75, 3.05) is 17.7 Å². The van der Waals surface area contributed by atoms with Gasteiger partial charge < -0.3 is 14.9 Å². The number of nitrogens with one attached hydrogen (secondary N) is 1. The first kappa shape index (κ1) is 23.6. The van der Waals surface area contributed by atoms with Gasteiger partial charge in [0.1, 0.15) is 16.9 Å². The molecule has 2 amide bonds. The average molecular weight is 483 g/mol. The van der Waals surface area contributed by atoms with Crippen molar-refractivity contribution in [1.82, 2.24) is 9.55 Å². The van der Waals surface area contributed by atoms with Crippen molar-refractivity contribution >= 4 is 35.4 Å². The van der Waals surface area contributed by atoms with E-state index >= 15 is 0 Å². The summed E-state index contributed by atoms with van der Waals surface area (Å²) >= 11 is 1.29. The van der Waals surface area contributed by atoms with E-state index in [0.29, 0.717) is 0 Å². The van der Waals surface area contributed by atoms with Crippen LogP contribution in [-0.4, -0.2) is 39.7 Å². The van der Waals surface area contributed by atoms with Gasteiger partial charge in [-0.3, -0.25) is 19.5 Å². The monoisotopic (exact) mass is 482 g/mol. The second-order valence-electron chi connectivity index (χ2n) is 7.82. The molecule has 1 aliphatic rings. The third kappa shape index (κ3) is 4.72. The van der Waals surface area contributed by atoms with Crippen molar-refractivity contribution in [2.45, 2.75) is 44.7 Å². The molecule has 34 heavy (non-hydrogen) atoms. The first-order valence-corrected chi connectivity index (χ1v) is 12.1. The molecule has 2 aromatic heterocycles. The fourth-order valence-electron chi connectivity index (χ4n) is 4.07. The van der Waals surface area contributed by atoms with Gasteiger partial charge in [-0.05, 0) is 51.7 Å². The highest BCUT2D eigenvalue weighted by Crippen LogP contribution is 2.31. The van der Waals surface area contributed by atoms with Crippen LogP contribution in [0, 0.1) is 6.92 Å². The van der Waals surface area contributed by atoms with Crippen LogP contribution in [0.25, 0.3) is 5.69 Å². The Morgan fingerprint density at radius 2 is 1.91 bits per heavy atom. The lowest BCUT2D eigenvalue weighted by molar-refractivity contribution is -0.113. The molecule has 0 aliphatic heterocycles. The number of para-hydroxylation sites is 1. The van der Waals surface area contributed by atoms with E-state index in [9.17, 15) is 14.4 Å².